The predicted molar refractivity (Wildman–Crippen MR) is 172 cm³/mol. The number of piperidine rings is 1. The number of pyridine rings is 1. The number of ether oxygens (including phenoxy) is 2. The van der Waals surface area contributed by atoms with E-state index < -0.39 is 23.4 Å². The number of benzene rings is 1. The van der Waals surface area contributed by atoms with Gasteiger partial charge in [0.25, 0.3) is 0 Å². The lowest BCUT2D eigenvalue weighted by atomic mass is 9.85. The summed E-state index contributed by atoms with van der Waals surface area (Å²) in [4.78, 5) is 35.8. The lowest BCUT2D eigenvalue weighted by Crippen LogP contribution is -2.67. The molecule has 2 saturated heterocycles. The maximum absolute atomic E-state index is 14.0. The highest BCUT2D eigenvalue weighted by molar-refractivity contribution is 5.93. The van der Waals surface area contributed by atoms with E-state index in [1.165, 1.54) is 12.1 Å². The van der Waals surface area contributed by atoms with Crippen LogP contribution in [-0.4, -0.2) is 70.0 Å². The Morgan fingerprint density at radius 3 is 2.33 bits per heavy atom. The maximum atomic E-state index is 14.0. The van der Waals surface area contributed by atoms with Crippen LogP contribution in [0.4, 0.5) is 14.0 Å². The van der Waals surface area contributed by atoms with Crippen LogP contribution in [0.15, 0.2) is 48.8 Å². The molecule has 3 aliphatic heterocycles. The summed E-state index contributed by atoms with van der Waals surface area (Å²) >= 11 is 0. The molecule has 0 aliphatic carbocycles. The predicted octanol–water partition coefficient (Wildman–Crippen LogP) is 5.81. The largest absolute Gasteiger partial charge is 0.444 e. The van der Waals surface area contributed by atoms with Gasteiger partial charge >= 0.3 is 12.2 Å². The van der Waals surface area contributed by atoms with E-state index in [-0.39, 0.29) is 30.1 Å². The van der Waals surface area contributed by atoms with E-state index in [0.29, 0.717) is 25.9 Å². The fourth-order valence-electron chi connectivity index (χ4n) is 6.20. The second-order valence-corrected chi connectivity index (χ2v) is 14.1. The highest BCUT2D eigenvalue weighted by atomic mass is 19.1. The molecular formula is C34H47FN6O5. The molecule has 2 amide bonds. The molecule has 2 fully saturated rings. The minimum Gasteiger partial charge on any atom is -0.444 e. The Hall–Kier alpha value is -3.74. The second kappa shape index (κ2) is 13.9. The normalized spacial score (nSPS) is 22.0. The first-order valence-corrected chi connectivity index (χ1v) is 16.1. The number of carbonyl (C=O) groups is 2. The van der Waals surface area contributed by atoms with Gasteiger partial charge in [0.15, 0.2) is 0 Å². The van der Waals surface area contributed by atoms with Crippen molar-refractivity contribution in [2.24, 2.45) is 5.92 Å². The average Bonchev–Trinajstić information content (AvgIpc) is 3.32. The summed E-state index contributed by atoms with van der Waals surface area (Å²) < 4.78 is 24.9. The van der Waals surface area contributed by atoms with E-state index in [1.54, 1.807) is 24.5 Å². The summed E-state index contributed by atoms with van der Waals surface area (Å²) in [7, 11) is 0. The maximum Gasteiger partial charge on any atom is 0.407 e. The third-order valence-electron chi connectivity index (χ3n) is 8.01. The molecule has 0 radical (unpaired) electrons. The van der Waals surface area contributed by atoms with Gasteiger partial charge in [-0.3, -0.25) is 10.3 Å². The molecular weight excluding hydrogens is 591 g/mol. The van der Waals surface area contributed by atoms with E-state index in [2.05, 4.69) is 20.9 Å². The van der Waals surface area contributed by atoms with Gasteiger partial charge < -0.3 is 20.1 Å². The fourth-order valence-corrected chi connectivity index (χ4v) is 6.20. The summed E-state index contributed by atoms with van der Waals surface area (Å²) in [5, 5.41) is 13.4. The third kappa shape index (κ3) is 8.54. The minimum absolute atomic E-state index is 0.0690. The molecule has 4 atom stereocenters. The van der Waals surface area contributed by atoms with Crippen molar-refractivity contribution >= 4 is 23.5 Å². The Labute approximate surface area is 270 Å². The van der Waals surface area contributed by atoms with Crippen LogP contribution in [0.3, 0.4) is 0 Å². The van der Waals surface area contributed by atoms with Crippen molar-refractivity contribution in [1.29, 1.82) is 0 Å². The fraction of sp³-hybridized carbons (Fsp3) is 0.559. The number of amides is 2. The molecule has 3 aliphatic rings. The van der Waals surface area contributed by atoms with Gasteiger partial charge in [-0.25, -0.2) is 19.0 Å². The van der Waals surface area contributed by atoms with E-state index in [0.717, 1.165) is 41.7 Å². The number of hydrogen-bond acceptors (Lipinski definition) is 9. The van der Waals surface area contributed by atoms with E-state index in [4.69, 9.17) is 14.4 Å². The number of aromatic nitrogens is 1. The van der Waals surface area contributed by atoms with E-state index in [1.807, 2.05) is 63.8 Å². The SMILES string of the molecule is CC(C)(C)OC(=O)NCCCCC(CN1ON2C(c3ccc(F)cc3)=C(c3ccncc3)C3CCC1NC32)NC(=O)OC(C)(C)C. The zero-order chi connectivity index (χ0) is 33.1. The summed E-state index contributed by atoms with van der Waals surface area (Å²) in [6.07, 6.45) is 6.28. The van der Waals surface area contributed by atoms with E-state index in [9.17, 15) is 14.0 Å². The van der Waals surface area contributed by atoms with Gasteiger partial charge in [0.1, 0.15) is 23.2 Å². The van der Waals surface area contributed by atoms with Crippen molar-refractivity contribution in [3.8, 4) is 0 Å². The number of nitrogens with one attached hydrogen (secondary N) is 3. The Kier molecular flexibility index (Phi) is 10.2. The third-order valence-corrected chi connectivity index (χ3v) is 8.01. The highest BCUT2D eigenvalue weighted by Gasteiger charge is 2.51. The van der Waals surface area contributed by atoms with Crippen molar-refractivity contribution < 1.29 is 28.4 Å². The molecule has 250 valence electrons. The summed E-state index contributed by atoms with van der Waals surface area (Å²) in [6.45, 7) is 11.8. The molecule has 4 heterocycles. The van der Waals surface area contributed by atoms with Gasteiger partial charge in [-0.05, 0) is 121 Å². The molecule has 46 heavy (non-hydrogen) atoms. The lowest BCUT2D eigenvalue weighted by molar-refractivity contribution is -0.374. The number of unbranched alkanes of at least 4 members (excludes halogenated alkanes) is 1. The minimum atomic E-state index is -0.644. The van der Waals surface area contributed by atoms with Crippen LogP contribution >= 0.6 is 0 Å². The van der Waals surface area contributed by atoms with Crippen molar-refractivity contribution in [3.05, 3.63) is 65.7 Å². The van der Waals surface area contributed by atoms with Crippen LogP contribution in [0, 0.1) is 11.7 Å². The first kappa shape index (κ1) is 33.6. The molecule has 3 N–H and O–H groups in total. The monoisotopic (exact) mass is 638 g/mol. The van der Waals surface area contributed by atoms with Gasteiger partial charge in [0.2, 0.25) is 0 Å². The molecule has 4 unspecified atom stereocenters. The molecule has 5 rings (SSSR count). The van der Waals surface area contributed by atoms with Gasteiger partial charge in [-0.1, -0.05) is 0 Å². The Morgan fingerprint density at radius 2 is 1.65 bits per heavy atom. The van der Waals surface area contributed by atoms with Crippen LogP contribution in [0.2, 0.25) is 0 Å². The van der Waals surface area contributed by atoms with Crippen molar-refractivity contribution in [3.63, 3.8) is 0 Å². The average molecular weight is 639 g/mol. The Bertz CT molecular complexity index is 1390. The van der Waals surface area contributed by atoms with E-state index >= 15 is 0 Å². The first-order chi connectivity index (χ1) is 21.8. The number of fused-ring (bicyclic) bond motifs is 1. The van der Waals surface area contributed by atoms with Gasteiger partial charge in [0, 0.05) is 43.0 Å². The molecule has 12 heteroatoms. The number of hydroxylamine groups is 4. The van der Waals surface area contributed by atoms with Gasteiger partial charge in [-0.2, -0.15) is 4.94 Å². The number of nitrogens with zero attached hydrogens (tertiary/aromatic N) is 3. The molecule has 0 spiro atoms. The molecule has 2 aromatic rings. The number of alkyl carbamates (subject to hydrolysis) is 2. The summed E-state index contributed by atoms with van der Waals surface area (Å²) in [5.41, 5.74) is 2.70. The molecule has 11 nitrogen and oxygen atoms in total. The van der Waals surface area contributed by atoms with Crippen LogP contribution in [0.25, 0.3) is 11.3 Å². The first-order valence-electron chi connectivity index (χ1n) is 16.1. The van der Waals surface area contributed by atoms with Gasteiger partial charge in [-0.15, -0.1) is 5.06 Å². The van der Waals surface area contributed by atoms with Gasteiger partial charge in [0.05, 0.1) is 11.9 Å². The van der Waals surface area contributed by atoms with Crippen molar-refractivity contribution in [1.82, 2.24) is 31.1 Å². The van der Waals surface area contributed by atoms with Crippen molar-refractivity contribution in [2.75, 3.05) is 13.1 Å². The second-order valence-electron chi connectivity index (χ2n) is 14.1. The smallest absolute Gasteiger partial charge is 0.407 e. The quantitative estimate of drug-likeness (QED) is 0.277. The molecule has 2 bridgehead atoms. The molecule has 1 aromatic heterocycles. The zero-order valence-corrected chi connectivity index (χ0v) is 27.6. The van der Waals surface area contributed by atoms with Crippen LogP contribution in [-0.2, 0) is 14.4 Å². The number of rotatable bonds is 10. The number of hydrogen-bond donors (Lipinski definition) is 3. The van der Waals surface area contributed by atoms with Crippen LogP contribution in [0.1, 0.15) is 84.8 Å². The number of carbonyl (C=O) groups excluding carboxylic acids is 2. The Balaban J connectivity index is 1.33. The summed E-state index contributed by atoms with van der Waals surface area (Å²) in [5.74, 6) is -0.143. The van der Waals surface area contributed by atoms with Crippen molar-refractivity contribution in [2.45, 2.75) is 103 Å². The van der Waals surface area contributed by atoms with Crippen LogP contribution in [0.5, 0.6) is 0 Å². The standard InChI is InChI=1S/C34H47FN6O5/c1-33(2,3)44-31(42)37-18-8-7-9-25(38-32(43)45-34(4,5)6)21-40-27-15-14-26-28(22-16-19-36-20-17-22)29(41(46-40)30(26)39-27)23-10-12-24(35)13-11-23/h10-13,16-17,19-20,25-27,30,39H,7-9,14-15,18,21H2,1-6H3,(H,37,42)(H,38,43). The number of halogens is 1. The topological polar surface area (TPSA) is 117 Å². The lowest BCUT2D eigenvalue weighted by Gasteiger charge is -2.49. The van der Waals surface area contributed by atoms with Crippen LogP contribution < -0.4 is 16.0 Å². The molecule has 1 aromatic carbocycles. The highest BCUT2D eigenvalue weighted by Crippen LogP contribution is 2.50. The zero-order valence-electron chi connectivity index (χ0n) is 27.6. The molecule has 0 saturated carbocycles. The Morgan fingerprint density at radius 1 is 0.978 bits per heavy atom. The summed E-state index contributed by atoms with van der Waals surface area (Å²) in [6, 6.07) is 10.2.